The first kappa shape index (κ1) is 67.6. The molecule has 0 atom stereocenters. The number of pyridine rings is 2. The van der Waals surface area contributed by atoms with Crippen LogP contribution in [0.4, 0.5) is 11.4 Å². The number of rotatable bonds is 10. The van der Waals surface area contributed by atoms with Crippen LogP contribution in [0.15, 0.2) is 284 Å². The van der Waals surface area contributed by atoms with Gasteiger partial charge in [0.05, 0.1) is 16.9 Å². The summed E-state index contributed by atoms with van der Waals surface area (Å²) in [7, 11) is 8.39. The number of aromatic nitrogens is 4. The Balaban J connectivity index is 0.000000144. The molecule has 89 heavy (non-hydrogen) atoms. The Kier molecular flexibility index (Phi) is 25.8. The zero-order chi connectivity index (χ0) is 63.0. The van der Waals surface area contributed by atoms with E-state index in [4.69, 9.17) is 28.4 Å². The molecule has 12 aromatic rings. The molecule has 13 rings (SSSR count). The minimum absolute atomic E-state index is 0.0584. The number of H-pyrrole nitrogens is 2. The number of anilines is 2. The first-order valence-corrected chi connectivity index (χ1v) is 36.0. The molecule has 0 saturated carbocycles. The van der Waals surface area contributed by atoms with Crippen LogP contribution in [-0.2, 0) is 34.8 Å². The maximum atomic E-state index is 11.2. The number of fused-ring (bicyclic) bond motifs is 2. The van der Waals surface area contributed by atoms with Crippen molar-refractivity contribution in [2.75, 3.05) is 10.6 Å². The van der Waals surface area contributed by atoms with Gasteiger partial charge in [-0.15, -0.1) is 0 Å². The topological polar surface area (TPSA) is 134 Å². The molecule has 17 heteroatoms. The molecule has 1 fully saturated rings. The Bertz CT molecular complexity index is 3790. The van der Waals surface area contributed by atoms with E-state index in [9.17, 15) is 9.59 Å². The van der Waals surface area contributed by atoms with Crippen molar-refractivity contribution in [2.45, 2.75) is 52.7 Å². The fourth-order valence-corrected chi connectivity index (χ4v) is 14.3. The molecule has 4 aromatic heterocycles. The molecule has 1 aliphatic heterocycles. The summed E-state index contributed by atoms with van der Waals surface area (Å²) in [6, 6.07) is 87.9. The Morgan fingerprint density at radius 3 is 1.18 bits per heavy atom. The van der Waals surface area contributed by atoms with Crippen LogP contribution in [0.2, 0.25) is 0 Å². The average molecular weight is 1410 g/mol. The van der Waals surface area contributed by atoms with Gasteiger partial charge in [0.2, 0.25) is 11.8 Å². The average Bonchev–Trinajstić information content (AvgIpc) is 1.74. The van der Waals surface area contributed by atoms with E-state index in [1.807, 2.05) is 73.1 Å². The molecule has 10 nitrogen and oxygen atoms in total. The van der Waals surface area contributed by atoms with Gasteiger partial charge in [-0.2, -0.15) is 0 Å². The third-order valence-electron chi connectivity index (χ3n) is 14.2. The number of benzene rings is 8. The number of para-hydroxylation sites is 2. The van der Waals surface area contributed by atoms with Crippen LogP contribution in [0, 0.1) is 0 Å². The summed E-state index contributed by atoms with van der Waals surface area (Å²) >= 11 is 3.20. The van der Waals surface area contributed by atoms with Gasteiger partial charge in [-0.05, 0) is 134 Å². The molecule has 5 heterocycles. The Labute approximate surface area is 549 Å². The van der Waals surface area contributed by atoms with E-state index in [1.54, 1.807) is 12.4 Å². The van der Waals surface area contributed by atoms with Crippen LogP contribution in [0.25, 0.3) is 33.2 Å². The number of halogens is 3. The number of nitrogens with one attached hydrogen (secondary N) is 4. The number of carbonyl (C=O) groups excluding carboxylic acids is 2. The second kappa shape index (κ2) is 34.0. The molecule has 4 N–H and O–H groups in total. The molecule has 8 aromatic carbocycles. The summed E-state index contributed by atoms with van der Waals surface area (Å²) < 4.78 is 12.9. The SMILES string of the molecule is CC(=O)Nc1ccccc1-c1cnc2[nH]ccc2c1.CC(=O)Nc1ccccc1Br.CC1(C)OB(c2cnc3[nH]ccc3c2)OC1(C)C.[Cl][Pd][Cl].c1ccc(P(c2ccccc2)c2ccccc2)cc1.c1ccc(P(c2ccccc2)c2ccccc2)cc1. The first-order valence-electron chi connectivity index (χ1n) is 28.5. The minimum Gasteiger partial charge on any atom is -0.0622 e. The second-order valence-electron chi connectivity index (χ2n) is 21.0. The first-order chi connectivity index (χ1) is 43.1. The second-order valence-corrected chi connectivity index (χ2v) is 28.7. The van der Waals surface area contributed by atoms with Gasteiger partial charge >= 0.3 is 42.1 Å². The molecule has 2 amide bonds. The summed E-state index contributed by atoms with van der Waals surface area (Å²) in [6.45, 7) is 11.2. The summed E-state index contributed by atoms with van der Waals surface area (Å²) in [5.41, 5.74) is 5.63. The van der Waals surface area contributed by atoms with Gasteiger partial charge in [-0.1, -0.05) is 212 Å². The number of hydrogen-bond donors (Lipinski definition) is 4. The van der Waals surface area contributed by atoms with Crippen LogP contribution >= 0.6 is 50.8 Å². The fourth-order valence-electron chi connectivity index (χ4n) is 9.29. The largest absolute Gasteiger partial charge is 0.0622 e. The van der Waals surface area contributed by atoms with E-state index in [-0.39, 0.29) is 46.1 Å². The van der Waals surface area contributed by atoms with E-state index in [1.165, 1.54) is 45.7 Å². The number of hydrogen-bond acceptors (Lipinski definition) is 6. The molecule has 1 saturated heterocycles. The number of carbonyl (C=O) groups is 2. The summed E-state index contributed by atoms with van der Waals surface area (Å²) in [5.74, 6) is -0.139. The zero-order valence-electron chi connectivity index (χ0n) is 50.0. The summed E-state index contributed by atoms with van der Waals surface area (Å²) in [4.78, 5) is 36.7. The van der Waals surface area contributed by atoms with Crippen LogP contribution in [-0.4, -0.2) is 50.1 Å². The van der Waals surface area contributed by atoms with Crippen LogP contribution in [0.1, 0.15) is 41.5 Å². The van der Waals surface area contributed by atoms with Crippen molar-refractivity contribution in [3.05, 3.63) is 284 Å². The Morgan fingerprint density at radius 2 is 0.798 bits per heavy atom. The molecule has 454 valence electrons. The predicted molar refractivity (Wildman–Crippen MR) is 378 cm³/mol. The van der Waals surface area contributed by atoms with Crippen molar-refractivity contribution < 1.29 is 34.8 Å². The van der Waals surface area contributed by atoms with Crippen LogP contribution < -0.4 is 47.9 Å². The van der Waals surface area contributed by atoms with Crippen molar-refractivity contribution in [1.82, 2.24) is 19.9 Å². The number of aromatic amines is 2. The monoisotopic (exact) mass is 1410 g/mol. The van der Waals surface area contributed by atoms with Crippen molar-refractivity contribution in [2.24, 2.45) is 0 Å². The summed E-state index contributed by atoms with van der Waals surface area (Å²) in [5, 5.41) is 16.0. The minimum atomic E-state index is -0.446. The molecule has 0 bridgehead atoms. The molecule has 0 radical (unpaired) electrons. The number of amides is 2. The standard InChI is InChI=1S/2C18H15P.C15H13N3O.C13H17BN2O2.C8H8BrNO.2ClH.Pd/c2*1-4-10-16(11-5-1)19(17-12-6-2-7-13-17)18-14-8-3-9-15-18;1-10(19)18-14-5-3-2-4-13(14)12-8-11-6-7-16-15(11)17-9-12;1-12(2)13(3,4)18-14(17-12)10-7-9-5-6-15-11(9)16-8-10;1-6(11)10-8-5-3-2-4-7(8)9;;;/h2*1-15H;2-9H,1H3,(H,16,17)(H,18,19);5-8H,1-4H3,(H,15,16);2-5H,1H3,(H,10,11);2*1H;/q;;;;;;;+2/p-2. The van der Waals surface area contributed by atoms with Gasteiger partial charge in [-0.25, -0.2) is 9.97 Å². The molecular weight excluding hydrogens is 1340 g/mol. The van der Waals surface area contributed by atoms with Gasteiger partial charge in [0.15, 0.2) is 0 Å². The van der Waals surface area contributed by atoms with E-state index < -0.39 is 15.8 Å². The number of nitrogens with zero attached hydrogens (tertiary/aromatic N) is 2. The third-order valence-corrected chi connectivity index (χ3v) is 19.7. The van der Waals surface area contributed by atoms with Crippen LogP contribution in [0.5, 0.6) is 0 Å². The zero-order valence-corrected chi connectivity index (χ0v) is 56.4. The van der Waals surface area contributed by atoms with Crippen molar-refractivity contribution in [1.29, 1.82) is 0 Å². The molecular formula is C72H68BBrCl2N6O4P2Pd. The molecule has 0 aliphatic carbocycles. The predicted octanol–water partition coefficient (Wildman–Crippen LogP) is 15.7. The van der Waals surface area contributed by atoms with E-state index in [0.717, 1.165) is 54.5 Å². The van der Waals surface area contributed by atoms with Gasteiger partial charge in [0.25, 0.3) is 0 Å². The van der Waals surface area contributed by atoms with Gasteiger partial charge in [-0.3, -0.25) is 9.59 Å². The van der Waals surface area contributed by atoms with Gasteiger partial charge in [0, 0.05) is 76.2 Å². The van der Waals surface area contributed by atoms with E-state index >= 15 is 0 Å². The van der Waals surface area contributed by atoms with Crippen molar-refractivity contribution in [3.63, 3.8) is 0 Å². The molecule has 0 unspecified atom stereocenters. The molecule has 1 aliphatic rings. The van der Waals surface area contributed by atoms with E-state index in [2.05, 4.69) is 268 Å². The Hall–Kier alpha value is -7.35. The smallest absolute Gasteiger partial charge is 0.0134 e. The summed E-state index contributed by atoms with van der Waals surface area (Å²) in [6.07, 6.45) is 7.35. The normalized spacial score (nSPS) is 12.6. The van der Waals surface area contributed by atoms with Gasteiger partial charge in [0.1, 0.15) is 11.3 Å². The quantitative estimate of drug-likeness (QED) is 0.0796. The van der Waals surface area contributed by atoms with Gasteiger partial charge < -0.3 is 29.9 Å². The molecule has 0 spiro atoms. The maximum absolute atomic E-state index is 11.2. The third kappa shape index (κ3) is 19.6. The van der Waals surface area contributed by atoms with Crippen molar-refractivity contribution in [3.8, 4) is 11.1 Å². The van der Waals surface area contributed by atoms with Crippen LogP contribution in [0.3, 0.4) is 0 Å². The van der Waals surface area contributed by atoms with E-state index in [0.29, 0.717) is 0 Å². The van der Waals surface area contributed by atoms with Crippen molar-refractivity contribution >= 4 is 140 Å². The Morgan fingerprint density at radius 1 is 0.472 bits per heavy atom. The fraction of sp³-hybridized carbons (Fsp3) is 0.111. The maximum Gasteiger partial charge on any atom is -0.0134 e.